The summed E-state index contributed by atoms with van der Waals surface area (Å²) in [6.07, 6.45) is 8.82. The number of aromatic nitrogens is 1. The van der Waals surface area contributed by atoms with Crippen molar-refractivity contribution in [3.05, 3.63) is 24.0 Å². The molecule has 0 aromatic carbocycles. The Balaban J connectivity index is 1.81. The van der Waals surface area contributed by atoms with Crippen LogP contribution in [0.5, 0.6) is 0 Å². The molecule has 17 heavy (non-hydrogen) atoms. The number of hydrogen-bond acceptors (Lipinski definition) is 1. The van der Waals surface area contributed by atoms with Crippen molar-refractivity contribution >= 4 is 0 Å². The molecule has 2 rings (SSSR count). The minimum absolute atomic E-state index is 0.223. The Morgan fingerprint density at radius 2 is 2.12 bits per heavy atom. The summed E-state index contributed by atoms with van der Waals surface area (Å²) in [4.78, 5) is 0. The van der Waals surface area contributed by atoms with E-state index in [9.17, 15) is 5.11 Å². The number of aryl methyl sites for hydroxylation is 1. The van der Waals surface area contributed by atoms with E-state index in [1.807, 2.05) is 0 Å². The summed E-state index contributed by atoms with van der Waals surface area (Å²) in [7, 11) is 0. The lowest BCUT2D eigenvalue weighted by Gasteiger charge is -2.17. The molecule has 1 fully saturated rings. The van der Waals surface area contributed by atoms with E-state index < -0.39 is 0 Å². The minimum Gasteiger partial charge on any atom is -0.388 e. The van der Waals surface area contributed by atoms with Gasteiger partial charge in [0.05, 0.1) is 6.10 Å². The predicted octanol–water partition coefficient (Wildman–Crippen LogP) is 3.76. The smallest absolute Gasteiger partial charge is 0.0832 e. The van der Waals surface area contributed by atoms with Crippen molar-refractivity contribution in [1.82, 2.24) is 4.57 Å². The fraction of sp³-hybridized carbons (Fsp3) is 0.733. The van der Waals surface area contributed by atoms with Gasteiger partial charge in [-0.05, 0) is 48.6 Å². The number of nitrogens with zero attached hydrogens (tertiary/aromatic N) is 1. The van der Waals surface area contributed by atoms with Crippen LogP contribution < -0.4 is 0 Å². The van der Waals surface area contributed by atoms with Crippen molar-refractivity contribution in [2.24, 2.45) is 11.3 Å². The normalized spacial score (nSPS) is 18.4. The highest BCUT2D eigenvalue weighted by Crippen LogP contribution is 2.40. The van der Waals surface area contributed by atoms with Crippen molar-refractivity contribution < 1.29 is 5.11 Å². The number of aliphatic hydroxyl groups is 1. The molecule has 1 atom stereocenters. The van der Waals surface area contributed by atoms with Gasteiger partial charge >= 0.3 is 0 Å². The molecule has 1 aromatic heterocycles. The maximum Gasteiger partial charge on any atom is 0.0832 e. The molecule has 1 unspecified atom stereocenters. The first-order valence-corrected chi connectivity index (χ1v) is 6.79. The van der Waals surface area contributed by atoms with Crippen LogP contribution in [0.25, 0.3) is 0 Å². The van der Waals surface area contributed by atoms with Crippen LogP contribution in [-0.2, 0) is 6.54 Å². The van der Waals surface area contributed by atoms with Crippen molar-refractivity contribution in [1.29, 1.82) is 0 Å². The molecule has 0 bridgehead atoms. The van der Waals surface area contributed by atoms with Gasteiger partial charge in [-0.25, -0.2) is 0 Å². The van der Waals surface area contributed by atoms with Gasteiger partial charge < -0.3 is 9.67 Å². The number of hydrogen-bond donors (Lipinski definition) is 1. The molecule has 0 aliphatic heterocycles. The van der Waals surface area contributed by atoms with Crippen LogP contribution in [0.15, 0.2) is 18.5 Å². The molecule has 2 nitrogen and oxygen atoms in total. The molecule has 96 valence electrons. The second kappa shape index (κ2) is 4.85. The van der Waals surface area contributed by atoms with Crippen LogP contribution in [0.3, 0.4) is 0 Å². The van der Waals surface area contributed by atoms with Gasteiger partial charge in [-0.2, -0.15) is 0 Å². The van der Waals surface area contributed by atoms with Crippen LogP contribution in [0.2, 0.25) is 0 Å². The maximum absolute atomic E-state index is 10.0. The molecular weight excluding hydrogens is 210 g/mol. The zero-order valence-corrected chi connectivity index (χ0v) is 11.3. The molecule has 1 saturated carbocycles. The van der Waals surface area contributed by atoms with Crippen molar-refractivity contribution in [3.63, 3.8) is 0 Å². The molecule has 1 heterocycles. The Labute approximate surface area is 105 Å². The molecule has 0 saturated heterocycles. The molecule has 0 amide bonds. The first-order chi connectivity index (χ1) is 7.96. The van der Waals surface area contributed by atoms with Gasteiger partial charge in [-0.15, -0.1) is 0 Å². The quantitative estimate of drug-likeness (QED) is 0.826. The lowest BCUT2D eigenvalue weighted by molar-refractivity contribution is 0.154. The van der Waals surface area contributed by atoms with Gasteiger partial charge in [0.25, 0.3) is 0 Å². The summed E-state index contributed by atoms with van der Waals surface area (Å²) in [6, 6.07) is 2.07. The minimum atomic E-state index is -0.223. The Morgan fingerprint density at radius 1 is 1.41 bits per heavy atom. The Kier molecular flexibility index (Phi) is 3.62. The summed E-state index contributed by atoms with van der Waals surface area (Å²) in [5.74, 6) is 0.528. The topological polar surface area (TPSA) is 25.2 Å². The third-order valence-corrected chi connectivity index (χ3v) is 3.53. The highest BCUT2D eigenvalue weighted by Gasteiger charge is 2.31. The fourth-order valence-electron chi connectivity index (χ4n) is 2.25. The SMILES string of the molecule is CC(C)(C)CCCn1ccc(C(O)C2CC2)c1. The van der Waals surface area contributed by atoms with Crippen molar-refractivity contribution in [2.75, 3.05) is 0 Å². The van der Waals surface area contributed by atoms with Gasteiger partial charge in [0, 0.05) is 18.9 Å². The maximum atomic E-state index is 10.0. The molecule has 1 aliphatic rings. The lowest BCUT2D eigenvalue weighted by atomic mass is 9.91. The van der Waals surface area contributed by atoms with E-state index in [1.54, 1.807) is 0 Å². The van der Waals surface area contributed by atoms with E-state index in [0.717, 1.165) is 12.1 Å². The van der Waals surface area contributed by atoms with Crippen LogP contribution in [-0.4, -0.2) is 9.67 Å². The van der Waals surface area contributed by atoms with Crippen LogP contribution in [0.1, 0.15) is 58.1 Å². The summed E-state index contributed by atoms with van der Waals surface area (Å²) in [6.45, 7) is 7.91. The van der Waals surface area contributed by atoms with E-state index >= 15 is 0 Å². The molecule has 1 aromatic rings. The molecule has 2 heteroatoms. The molecule has 1 aliphatic carbocycles. The molecule has 0 spiro atoms. The average molecular weight is 235 g/mol. The molecule has 0 radical (unpaired) electrons. The first kappa shape index (κ1) is 12.7. The van der Waals surface area contributed by atoms with Crippen molar-refractivity contribution in [2.45, 2.75) is 59.1 Å². The standard InChI is InChI=1S/C15H25NO/c1-15(2,3)8-4-9-16-10-7-13(11-16)14(17)12-5-6-12/h7,10-12,14,17H,4-6,8-9H2,1-3H3. The second-order valence-corrected chi connectivity index (χ2v) is 6.63. The van der Waals surface area contributed by atoms with Crippen LogP contribution in [0, 0.1) is 11.3 Å². The summed E-state index contributed by atoms with van der Waals surface area (Å²) < 4.78 is 2.21. The van der Waals surface area contributed by atoms with E-state index in [0.29, 0.717) is 11.3 Å². The second-order valence-electron chi connectivity index (χ2n) is 6.63. The van der Waals surface area contributed by atoms with E-state index in [-0.39, 0.29) is 6.10 Å². The Morgan fingerprint density at radius 3 is 2.71 bits per heavy atom. The number of rotatable bonds is 5. The Bertz CT molecular complexity index is 357. The third kappa shape index (κ3) is 3.88. The largest absolute Gasteiger partial charge is 0.388 e. The van der Waals surface area contributed by atoms with E-state index in [4.69, 9.17) is 0 Å². The number of aliphatic hydroxyl groups excluding tert-OH is 1. The highest BCUT2D eigenvalue weighted by atomic mass is 16.3. The van der Waals surface area contributed by atoms with Crippen molar-refractivity contribution in [3.8, 4) is 0 Å². The highest BCUT2D eigenvalue weighted by molar-refractivity contribution is 5.16. The fourth-order valence-corrected chi connectivity index (χ4v) is 2.25. The summed E-state index contributed by atoms with van der Waals surface area (Å²) in [5, 5.41) is 10.0. The monoisotopic (exact) mass is 235 g/mol. The molecule has 1 N–H and O–H groups in total. The van der Waals surface area contributed by atoms with E-state index in [2.05, 4.69) is 43.8 Å². The lowest BCUT2D eigenvalue weighted by Crippen LogP contribution is -2.06. The van der Waals surface area contributed by atoms with Gasteiger partial charge in [0.15, 0.2) is 0 Å². The third-order valence-electron chi connectivity index (χ3n) is 3.53. The predicted molar refractivity (Wildman–Crippen MR) is 70.8 cm³/mol. The van der Waals surface area contributed by atoms with E-state index in [1.165, 1.54) is 25.7 Å². The van der Waals surface area contributed by atoms with Gasteiger partial charge in [0.2, 0.25) is 0 Å². The van der Waals surface area contributed by atoms with Gasteiger partial charge in [0.1, 0.15) is 0 Å². The first-order valence-electron chi connectivity index (χ1n) is 6.79. The zero-order chi connectivity index (χ0) is 12.5. The van der Waals surface area contributed by atoms with Crippen LogP contribution in [0.4, 0.5) is 0 Å². The Hall–Kier alpha value is -0.760. The van der Waals surface area contributed by atoms with Gasteiger partial charge in [-0.1, -0.05) is 20.8 Å². The average Bonchev–Trinajstić information content (AvgIpc) is 2.96. The summed E-state index contributed by atoms with van der Waals surface area (Å²) in [5.41, 5.74) is 1.52. The zero-order valence-electron chi connectivity index (χ0n) is 11.3. The molecular formula is C15H25NO. The summed E-state index contributed by atoms with van der Waals surface area (Å²) >= 11 is 0. The van der Waals surface area contributed by atoms with Crippen LogP contribution >= 0.6 is 0 Å². The van der Waals surface area contributed by atoms with Gasteiger partial charge in [-0.3, -0.25) is 0 Å².